The topological polar surface area (TPSA) is 66.6 Å². The van der Waals surface area contributed by atoms with E-state index in [0.717, 1.165) is 5.69 Å². The first-order valence-electron chi connectivity index (χ1n) is 8.31. The second-order valence-electron chi connectivity index (χ2n) is 6.49. The zero-order valence-corrected chi connectivity index (χ0v) is 14.3. The van der Waals surface area contributed by atoms with Gasteiger partial charge in [-0.3, -0.25) is 4.98 Å². The molecule has 0 fully saturated rings. The van der Waals surface area contributed by atoms with Gasteiger partial charge in [0, 0.05) is 30.4 Å². The summed E-state index contributed by atoms with van der Waals surface area (Å²) in [6.07, 6.45) is -3.08. The molecule has 3 aromatic rings. The van der Waals surface area contributed by atoms with Crippen LogP contribution in [0.25, 0.3) is 11.0 Å². The largest absolute Gasteiger partial charge is 0.478 e. The molecule has 3 heterocycles. The molecule has 1 aromatic carbocycles. The van der Waals surface area contributed by atoms with E-state index in [1.54, 1.807) is 31.2 Å². The van der Waals surface area contributed by atoms with Crippen LogP contribution in [0.1, 0.15) is 32.9 Å². The van der Waals surface area contributed by atoms with Crippen LogP contribution in [0.5, 0.6) is 0 Å². The Morgan fingerprint density at radius 2 is 2.07 bits per heavy atom. The summed E-state index contributed by atoms with van der Waals surface area (Å²) >= 11 is 0. The van der Waals surface area contributed by atoms with Crippen LogP contribution in [0.15, 0.2) is 34.9 Å². The van der Waals surface area contributed by atoms with E-state index in [1.807, 2.05) is 4.90 Å². The molecule has 1 aliphatic heterocycles. The number of aryl methyl sites for hydroxylation is 1. The Morgan fingerprint density at radius 1 is 1.30 bits per heavy atom. The van der Waals surface area contributed by atoms with Crippen molar-refractivity contribution in [3.8, 4) is 0 Å². The summed E-state index contributed by atoms with van der Waals surface area (Å²) < 4.78 is 44.9. The van der Waals surface area contributed by atoms with Crippen LogP contribution in [0.2, 0.25) is 0 Å². The van der Waals surface area contributed by atoms with Crippen LogP contribution in [-0.2, 0) is 19.1 Å². The molecule has 2 aromatic heterocycles. The number of hydrogen-bond donors (Lipinski definition) is 1. The average Bonchev–Trinajstić information content (AvgIpc) is 2.94. The Bertz CT molecular complexity index is 1060. The molecule has 27 heavy (non-hydrogen) atoms. The molecule has 0 unspecified atom stereocenters. The van der Waals surface area contributed by atoms with Gasteiger partial charge in [-0.1, -0.05) is 0 Å². The first-order valence-corrected chi connectivity index (χ1v) is 8.31. The summed E-state index contributed by atoms with van der Waals surface area (Å²) in [6.45, 7) is 2.27. The molecule has 0 bridgehead atoms. The second kappa shape index (κ2) is 6.00. The summed E-state index contributed by atoms with van der Waals surface area (Å²) in [5.74, 6) is -0.757. The van der Waals surface area contributed by atoms with Gasteiger partial charge in [-0.25, -0.2) is 4.79 Å². The number of hydrogen-bond acceptors (Lipinski definition) is 4. The highest BCUT2D eigenvalue weighted by atomic mass is 19.4. The van der Waals surface area contributed by atoms with Crippen molar-refractivity contribution >= 4 is 22.6 Å². The van der Waals surface area contributed by atoms with Crippen LogP contribution < -0.4 is 4.90 Å². The van der Waals surface area contributed by atoms with Crippen molar-refractivity contribution in [1.82, 2.24) is 4.98 Å². The molecule has 0 amide bonds. The number of pyridine rings is 1. The number of carbonyl (C=O) groups is 1. The van der Waals surface area contributed by atoms with E-state index >= 15 is 0 Å². The number of nitrogens with zero attached hydrogens (tertiary/aromatic N) is 2. The first-order chi connectivity index (χ1) is 12.8. The van der Waals surface area contributed by atoms with Crippen LogP contribution in [-0.4, -0.2) is 22.6 Å². The lowest BCUT2D eigenvalue weighted by molar-refractivity contribution is -0.141. The van der Waals surface area contributed by atoms with E-state index in [1.165, 1.54) is 6.20 Å². The van der Waals surface area contributed by atoms with Gasteiger partial charge in [0.2, 0.25) is 0 Å². The van der Waals surface area contributed by atoms with E-state index in [9.17, 15) is 23.1 Å². The summed E-state index contributed by atoms with van der Waals surface area (Å²) in [6, 6.07) is 6.78. The van der Waals surface area contributed by atoms with Crippen molar-refractivity contribution in [2.24, 2.45) is 0 Å². The summed E-state index contributed by atoms with van der Waals surface area (Å²) in [5.41, 5.74) is 1.29. The van der Waals surface area contributed by atoms with E-state index in [0.29, 0.717) is 35.4 Å². The number of aromatic nitrogens is 1. The number of carboxylic acid groups (broad SMARTS) is 1. The maximum atomic E-state index is 13.2. The molecule has 8 heteroatoms. The molecule has 1 N–H and O–H groups in total. The predicted molar refractivity (Wildman–Crippen MR) is 91.9 cm³/mol. The number of benzene rings is 1. The number of fused-ring (bicyclic) bond motifs is 2. The Hall–Kier alpha value is -3.03. The Labute approximate surface area is 152 Å². The molecule has 0 aliphatic carbocycles. The van der Waals surface area contributed by atoms with Gasteiger partial charge in [-0.15, -0.1) is 0 Å². The number of rotatable bonds is 2. The third-order valence-electron chi connectivity index (χ3n) is 4.84. The van der Waals surface area contributed by atoms with Crippen molar-refractivity contribution in [3.05, 3.63) is 58.6 Å². The molecular formula is C19H15F3N2O3. The molecule has 1 aliphatic rings. The van der Waals surface area contributed by atoms with Gasteiger partial charge in [-0.05, 0) is 48.7 Å². The number of halogens is 3. The lowest BCUT2D eigenvalue weighted by Crippen LogP contribution is -2.32. The molecule has 5 nitrogen and oxygen atoms in total. The number of alkyl halides is 3. The van der Waals surface area contributed by atoms with Gasteiger partial charge < -0.3 is 14.4 Å². The second-order valence-corrected chi connectivity index (χ2v) is 6.49. The van der Waals surface area contributed by atoms with Crippen LogP contribution in [0.4, 0.5) is 18.9 Å². The van der Waals surface area contributed by atoms with Crippen LogP contribution >= 0.6 is 0 Å². The molecule has 0 radical (unpaired) electrons. The zero-order valence-electron chi connectivity index (χ0n) is 14.3. The average molecular weight is 376 g/mol. The number of aromatic carboxylic acids is 1. The quantitative estimate of drug-likeness (QED) is 0.717. The third-order valence-corrected chi connectivity index (χ3v) is 4.84. The number of carboxylic acids is 1. The van der Waals surface area contributed by atoms with Gasteiger partial charge >= 0.3 is 12.1 Å². The third kappa shape index (κ3) is 2.90. The van der Waals surface area contributed by atoms with E-state index < -0.39 is 17.8 Å². The van der Waals surface area contributed by atoms with E-state index in [2.05, 4.69) is 4.98 Å². The fourth-order valence-corrected chi connectivity index (χ4v) is 3.63. The van der Waals surface area contributed by atoms with Gasteiger partial charge in [-0.2, -0.15) is 13.2 Å². The van der Waals surface area contributed by atoms with Crippen molar-refractivity contribution in [3.63, 3.8) is 0 Å². The van der Waals surface area contributed by atoms with E-state index in [4.69, 9.17) is 4.42 Å². The normalized spacial score (nSPS) is 14.4. The van der Waals surface area contributed by atoms with Gasteiger partial charge in [0.15, 0.2) is 0 Å². The fraction of sp³-hybridized carbons (Fsp3) is 0.263. The van der Waals surface area contributed by atoms with Crippen molar-refractivity contribution < 1.29 is 27.5 Å². The van der Waals surface area contributed by atoms with Gasteiger partial charge in [0.1, 0.15) is 22.6 Å². The highest BCUT2D eigenvalue weighted by molar-refractivity contribution is 6.04. The van der Waals surface area contributed by atoms with Gasteiger partial charge in [0.05, 0.1) is 0 Å². The Morgan fingerprint density at radius 3 is 2.78 bits per heavy atom. The molecule has 0 saturated heterocycles. The van der Waals surface area contributed by atoms with E-state index in [-0.39, 0.29) is 17.5 Å². The number of anilines is 1. The predicted octanol–water partition coefficient (Wildman–Crippen LogP) is 4.42. The molecule has 0 spiro atoms. The fourth-order valence-electron chi connectivity index (χ4n) is 3.63. The standard InChI is InChI=1S/C19H15F3N2O3/c1-10-16(18(25)26)14-8-12(2-3-15(14)27-10)24-7-5-13-11(9-24)4-6-23-17(13)19(20,21)22/h2-4,6,8H,5,7,9H2,1H3,(H,25,26). The summed E-state index contributed by atoms with van der Waals surface area (Å²) in [7, 11) is 0. The van der Waals surface area contributed by atoms with Crippen LogP contribution in [0, 0.1) is 6.92 Å². The maximum absolute atomic E-state index is 13.2. The van der Waals surface area contributed by atoms with Crippen molar-refractivity contribution in [1.29, 1.82) is 0 Å². The van der Waals surface area contributed by atoms with Gasteiger partial charge in [0.25, 0.3) is 0 Å². The maximum Gasteiger partial charge on any atom is 0.433 e. The SMILES string of the molecule is Cc1oc2ccc(N3CCc4c(ccnc4C(F)(F)F)C3)cc2c1C(=O)O. The lowest BCUT2D eigenvalue weighted by Gasteiger charge is -2.31. The molecular weight excluding hydrogens is 361 g/mol. The van der Waals surface area contributed by atoms with Crippen molar-refractivity contribution in [2.75, 3.05) is 11.4 Å². The van der Waals surface area contributed by atoms with Crippen LogP contribution in [0.3, 0.4) is 0 Å². The minimum atomic E-state index is -4.48. The molecule has 0 atom stereocenters. The lowest BCUT2D eigenvalue weighted by atomic mass is 9.97. The first kappa shape index (κ1) is 17.4. The molecule has 140 valence electrons. The Balaban J connectivity index is 1.72. The number of furan rings is 1. The highest BCUT2D eigenvalue weighted by Crippen LogP contribution is 2.36. The summed E-state index contributed by atoms with van der Waals surface area (Å²) in [5, 5.41) is 9.88. The highest BCUT2D eigenvalue weighted by Gasteiger charge is 2.37. The van der Waals surface area contributed by atoms with Crippen molar-refractivity contribution in [2.45, 2.75) is 26.1 Å². The minimum absolute atomic E-state index is 0.104. The smallest absolute Gasteiger partial charge is 0.433 e. The zero-order chi connectivity index (χ0) is 19.3. The summed E-state index contributed by atoms with van der Waals surface area (Å²) in [4.78, 5) is 16.9. The minimum Gasteiger partial charge on any atom is -0.478 e. The molecule has 0 saturated carbocycles. The Kier molecular flexibility index (Phi) is 3.87. The monoisotopic (exact) mass is 376 g/mol. The molecule has 4 rings (SSSR count).